The van der Waals surface area contributed by atoms with Crippen molar-refractivity contribution in [3.8, 4) is 11.5 Å². The smallest absolute Gasteiger partial charge is 0.388 e. The van der Waals surface area contributed by atoms with Crippen molar-refractivity contribution in [3.05, 3.63) is 57.8 Å². The molecule has 25 heavy (non-hydrogen) atoms. The molecular formula is C16H13F2N5O2. The van der Waals surface area contributed by atoms with E-state index < -0.39 is 17.4 Å². The van der Waals surface area contributed by atoms with Crippen molar-refractivity contribution in [1.82, 2.24) is 20.2 Å². The first-order valence-corrected chi connectivity index (χ1v) is 7.59. The average molecular weight is 345 g/mol. The Morgan fingerprint density at radius 3 is 2.28 bits per heavy atom. The Bertz CT molecular complexity index is 952. The highest BCUT2D eigenvalue weighted by molar-refractivity contribution is 5.51. The Kier molecular flexibility index (Phi) is 3.56. The third kappa shape index (κ3) is 2.77. The second-order valence-electron chi connectivity index (χ2n) is 5.90. The molecule has 9 heteroatoms. The fourth-order valence-corrected chi connectivity index (χ4v) is 2.99. The predicted molar refractivity (Wildman–Crippen MR) is 84.1 cm³/mol. The van der Waals surface area contributed by atoms with E-state index >= 15 is 0 Å². The summed E-state index contributed by atoms with van der Waals surface area (Å²) in [4.78, 5) is 21.4. The van der Waals surface area contributed by atoms with E-state index in [4.69, 9.17) is 4.42 Å². The van der Waals surface area contributed by atoms with Gasteiger partial charge in [-0.05, 0) is 36.1 Å². The zero-order chi connectivity index (χ0) is 17.6. The number of nitrogens with zero attached hydrogens (tertiary/aromatic N) is 4. The lowest BCUT2D eigenvalue weighted by Gasteiger charge is -2.24. The molecule has 0 fully saturated rings. The van der Waals surface area contributed by atoms with E-state index in [0.29, 0.717) is 24.4 Å². The highest BCUT2D eigenvalue weighted by Gasteiger charge is 2.27. The van der Waals surface area contributed by atoms with Crippen molar-refractivity contribution >= 4 is 5.95 Å². The molecule has 1 aliphatic carbocycles. The molecule has 1 aliphatic rings. The van der Waals surface area contributed by atoms with Gasteiger partial charge in [-0.25, -0.2) is 28.6 Å². The van der Waals surface area contributed by atoms with Gasteiger partial charge in [-0.1, -0.05) is 0 Å². The topological polar surface area (TPSA) is 87.9 Å². The van der Waals surface area contributed by atoms with Crippen molar-refractivity contribution in [1.29, 1.82) is 0 Å². The van der Waals surface area contributed by atoms with Gasteiger partial charge in [-0.3, -0.25) is 0 Å². The average Bonchev–Trinajstić information content (AvgIpc) is 3.21. The standard InChI is InChI=1S/C16H13F2N5O2/c1-23(11-2-8-4-12(17)13(18)5-9(8)3-11)15-19-6-10(7-20-15)14-21-22-16(24)25-14/h4-7,11H,2-3H2,1H3,(H,22,24). The van der Waals surface area contributed by atoms with Crippen molar-refractivity contribution < 1.29 is 13.2 Å². The van der Waals surface area contributed by atoms with Crippen LogP contribution in [0.25, 0.3) is 11.5 Å². The monoisotopic (exact) mass is 345 g/mol. The number of hydrogen-bond acceptors (Lipinski definition) is 6. The lowest BCUT2D eigenvalue weighted by atomic mass is 10.1. The summed E-state index contributed by atoms with van der Waals surface area (Å²) in [5, 5.41) is 5.88. The third-order valence-electron chi connectivity index (χ3n) is 4.34. The lowest BCUT2D eigenvalue weighted by Crippen LogP contribution is -2.33. The number of rotatable bonds is 3. The van der Waals surface area contributed by atoms with E-state index in [0.717, 1.165) is 11.1 Å². The summed E-state index contributed by atoms with van der Waals surface area (Å²) in [5.41, 5.74) is 2.06. The number of anilines is 1. The number of halogens is 2. The van der Waals surface area contributed by atoms with Crippen LogP contribution in [-0.2, 0) is 12.8 Å². The molecule has 0 atom stereocenters. The minimum Gasteiger partial charge on any atom is -0.388 e. The van der Waals surface area contributed by atoms with Gasteiger partial charge in [0.25, 0.3) is 5.89 Å². The molecule has 0 saturated heterocycles. The van der Waals surface area contributed by atoms with Crippen LogP contribution in [-0.4, -0.2) is 33.3 Å². The number of fused-ring (bicyclic) bond motifs is 1. The maximum Gasteiger partial charge on any atom is 0.434 e. The van der Waals surface area contributed by atoms with Gasteiger partial charge in [0.05, 0.1) is 5.56 Å². The molecule has 0 spiro atoms. The first kappa shape index (κ1) is 15.4. The normalized spacial score (nSPS) is 13.9. The molecular weight excluding hydrogens is 332 g/mol. The highest BCUT2D eigenvalue weighted by Crippen LogP contribution is 2.28. The molecule has 4 rings (SSSR count). The summed E-state index contributed by atoms with van der Waals surface area (Å²) in [5.74, 6) is -1.75. The van der Waals surface area contributed by atoms with Gasteiger partial charge in [0.2, 0.25) is 5.95 Å². The second-order valence-corrected chi connectivity index (χ2v) is 5.90. The fraction of sp³-hybridized carbons (Fsp3) is 0.250. The summed E-state index contributed by atoms with van der Waals surface area (Å²) in [6, 6.07) is 2.51. The minimum absolute atomic E-state index is 0.00497. The molecule has 1 aromatic carbocycles. The Labute approximate surface area is 140 Å². The van der Waals surface area contributed by atoms with Crippen LogP contribution in [0.1, 0.15) is 11.1 Å². The SMILES string of the molecule is CN(c1ncc(-c2n[nH]c(=O)o2)cn1)C1Cc2cc(F)c(F)cc2C1. The van der Waals surface area contributed by atoms with Gasteiger partial charge in [-0.15, -0.1) is 5.10 Å². The zero-order valence-corrected chi connectivity index (χ0v) is 13.2. The Hall–Kier alpha value is -3.10. The number of likely N-dealkylation sites (N-methyl/N-ethyl adjacent to an activating group) is 1. The van der Waals surface area contributed by atoms with E-state index in [-0.39, 0.29) is 11.9 Å². The molecule has 7 nitrogen and oxygen atoms in total. The lowest BCUT2D eigenvalue weighted by molar-refractivity contribution is 0.507. The van der Waals surface area contributed by atoms with Crippen molar-refractivity contribution in [2.75, 3.05) is 11.9 Å². The van der Waals surface area contributed by atoms with Gasteiger partial charge in [0.1, 0.15) is 0 Å². The Balaban J connectivity index is 1.54. The van der Waals surface area contributed by atoms with Crippen LogP contribution in [0.2, 0.25) is 0 Å². The van der Waals surface area contributed by atoms with E-state index in [1.165, 1.54) is 24.5 Å². The van der Waals surface area contributed by atoms with Crippen molar-refractivity contribution in [2.24, 2.45) is 0 Å². The first-order valence-electron chi connectivity index (χ1n) is 7.59. The largest absolute Gasteiger partial charge is 0.434 e. The van der Waals surface area contributed by atoms with Crippen LogP contribution in [0.5, 0.6) is 0 Å². The summed E-state index contributed by atoms with van der Waals surface area (Å²) in [6.45, 7) is 0. The summed E-state index contributed by atoms with van der Waals surface area (Å²) in [7, 11) is 1.83. The molecule has 2 aromatic heterocycles. The summed E-state index contributed by atoms with van der Waals surface area (Å²) in [6.07, 6.45) is 4.17. The molecule has 0 saturated carbocycles. The predicted octanol–water partition coefficient (Wildman–Crippen LogP) is 1.70. The van der Waals surface area contributed by atoms with E-state index in [2.05, 4.69) is 20.2 Å². The minimum atomic E-state index is -0.830. The van der Waals surface area contributed by atoms with Gasteiger partial charge in [-0.2, -0.15) is 0 Å². The number of nitrogens with one attached hydrogen (secondary N) is 1. The highest BCUT2D eigenvalue weighted by atomic mass is 19.2. The maximum absolute atomic E-state index is 13.4. The molecule has 1 N–H and O–H groups in total. The summed E-state index contributed by atoms with van der Waals surface area (Å²) < 4.78 is 31.6. The molecule has 128 valence electrons. The molecule has 0 aliphatic heterocycles. The molecule has 0 bridgehead atoms. The van der Waals surface area contributed by atoms with Gasteiger partial charge in [0, 0.05) is 25.5 Å². The zero-order valence-electron chi connectivity index (χ0n) is 13.2. The third-order valence-corrected chi connectivity index (χ3v) is 4.34. The van der Waals surface area contributed by atoms with Gasteiger partial charge >= 0.3 is 5.76 Å². The molecule has 0 amide bonds. The molecule has 3 aromatic rings. The molecule has 0 unspecified atom stereocenters. The van der Waals surface area contributed by atoms with Crippen molar-refractivity contribution in [2.45, 2.75) is 18.9 Å². The Morgan fingerprint density at radius 2 is 1.76 bits per heavy atom. The van der Waals surface area contributed by atoms with E-state index in [1.54, 1.807) is 0 Å². The number of aromatic nitrogens is 4. The molecule has 0 radical (unpaired) electrons. The molecule has 2 heterocycles. The maximum atomic E-state index is 13.4. The fourth-order valence-electron chi connectivity index (χ4n) is 2.99. The van der Waals surface area contributed by atoms with Gasteiger partial charge in [0.15, 0.2) is 11.6 Å². The number of aromatic amines is 1. The second kappa shape index (κ2) is 5.76. The quantitative estimate of drug-likeness (QED) is 0.777. The number of benzene rings is 1. The van der Waals surface area contributed by atoms with Gasteiger partial charge < -0.3 is 9.32 Å². The van der Waals surface area contributed by atoms with Crippen molar-refractivity contribution in [3.63, 3.8) is 0 Å². The van der Waals surface area contributed by atoms with E-state index in [9.17, 15) is 13.6 Å². The van der Waals surface area contributed by atoms with Crippen LogP contribution < -0.4 is 10.7 Å². The van der Waals surface area contributed by atoms with Crippen LogP contribution in [0.3, 0.4) is 0 Å². The summed E-state index contributed by atoms with van der Waals surface area (Å²) >= 11 is 0. The van der Waals surface area contributed by atoms with Crippen LogP contribution in [0, 0.1) is 11.6 Å². The van der Waals surface area contributed by atoms with Crippen LogP contribution >= 0.6 is 0 Å². The number of hydrogen-bond donors (Lipinski definition) is 1. The number of H-pyrrole nitrogens is 1. The Morgan fingerprint density at radius 1 is 1.16 bits per heavy atom. The first-order chi connectivity index (χ1) is 12.0. The van der Waals surface area contributed by atoms with Crippen LogP contribution in [0.15, 0.2) is 33.7 Å². The van der Waals surface area contributed by atoms with E-state index in [1.807, 2.05) is 11.9 Å². The van der Waals surface area contributed by atoms with Crippen LogP contribution in [0.4, 0.5) is 14.7 Å².